The SMILES string of the molecule is CCOC(=O)C1=C(O)/C(=C/c2cn(Cc3ccccc3)c3ccc(Br)cc23)SC1=Nc1ccc(C)cc1. The summed E-state index contributed by atoms with van der Waals surface area (Å²) in [5.41, 5.74) is 5.10. The molecule has 37 heavy (non-hydrogen) atoms. The molecule has 1 N–H and O–H groups in total. The first-order chi connectivity index (χ1) is 17.9. The highest BCUT2D eigenvalue weighted by Crippen LogP contribution is 2.41. The summed E-state index contributed by atoms with van der Waals surface area (Å²) in [6.07, 6.45) is 3.98. The molecule has 5 rings (SSSR count). The Morgan fingerprint density at radius 2 is 1.86 bits per heavy atom. The Balaban J connectivity index is 1.59. The maximum Gasteiger partial charge on any atom is 0.344 e. The molecular formula is C30H25BrN2O3S. The largest absolute Gasteiger partial charge is 0.506 e. The van der Waals surface area contributed by atoms with Crippen LogP contribution in [0.1, 0.15) is 23.6 Å². The van der Waals surface area contributed by atoms with Gasteiger partial charge in [0, 0.05) is 33.7 Å². The van der Waals surface area contributed by atoms with E-state index in [1.807, 2.05) is 61.5 Å². The number of benzene rings is 3. The van der Waals surface area contributed by atoms with Gasteiger partial charge in [-0.2, -0.15) is 0 Å². The average Bonchev–Trinajstić information content (AvgIpc) is 3.37. The maximum atomic E-state index is 12.8. The third-order valence-corrected chi connectivity index (χ3v) is 7.50. The first-order valence-electron chi connectivity index (χ1n) is 11.9. The van der Waals surface area contributed by atoms with Crippen molar-refractivity contribution in [2.45, 2.75) is 20.4 Å². The van der Waals surface area contributed by atoms with Crippen molar-refractivity contribution in [3.05, 3.63) is 116 Å². The van der Waals surface area contributed by atoms with Gasteiger partial charge >= 0.3 is 5.97 Å². The van der Waals surface area contributed by atoms with Crippen LogP contribution in [0.15, 0.2) is 105 Å². The van der Waals surface area contributed by atoms with Crippen LogP contribution in [0.2, 0.25) is 0 Å². The zero-order valence-corrected chi connectivity index (χ0v) is 22.8. The van der Waals surface area contributed by atoms with Gasteiger partial charge in [0.15, 0.2) is 0 Å². The van der Waals surface area contributed by atoms with E-state index in [2.05, 4.69) is 56.0 Å². The smallest absolute Gasteiger partial charge is 0.344 e. The van der Waals surface area contributed by atoms with Crippen molar-refractivity contribution in [2.75, 3.05) is 6.61 Å². The van der Waals surface area contributed by atoms with Crippen molar-refractivity contribution in [1.82, 2.24) is 4.57 Å². The number of aliphatic hydroxyl groups excluding tert-OH is 1. The number of esters is 1. The Labute approximate surface area is 228 Å². The average molecular weight is 574 g/mol. The molecule has 186 valence electrons. The van der Waals surface area contributed by atoms with Crippen LogP contribution >= 0.6 is 27.7 Å². The Morgan fingerprint density at radius 1 is 1.11 bits per heavy atom. The van der Waals surface area contributed by atoms with E-state index in [9.17, 15) is 9.90 Å². The van der Waals surface area contributed by atoms with Crippen molar-refractivity contribution in [1.29, 1.82) is 0 Å². The summed E-state index contributed by atoms with van der Waals surface area (Å²) < 4.78 is 8.40. The number of thioether (sulfide) groups is 1. The molecule has 0 radical (unpaired) electrons. The Morgan fingerprint density at radius 3 is 2.59 bits per heavy atom. The first-order valence-corrected chi connectivity index (χ1v) is 13.5. The number of aliphatic imine (C=N–C) groups is 1. The molecule has 0 saturated carbocycles. The lowest BCUT2D eigenvalue weighted by Gasteiger charge is -2.05. The summed E-state index contributed by atoms with van der Waals surface area (Å²) in [6, 6.07) is 24.1. The second kappa shape index (κ2) is 10.8. The molecule has 1 aromatic heterocycles. The van der Waals surface area contributed by atoms with Crippen molar-refractivity contribution < 1.29 is 14.6 Å². The number of nitrogens with zero attached hydrogens (tertiary/aromatic N) is 2. The lowest BCUT2D eigenvalue weighted by molar-refractivity contribution is -0.138. The monoisotopic (exact) mass is 572 g/mol. The van der Waals surface area contributed by atoms with Gasteiger partial charge in [0.1, 0.15) is 16.4 Å². The topological polar surface area (TPSA) is 63.8 Å². The number of rotatable bonds is 6. The van der Waals surface area contributed by atoms with Crippen LogP contribution in [0.25, 0.3) is 17.0 Å². The summed E-state index contributed by atoms with van der Waals surface area (Å²) in [5, 5.41) is 12.6. The summed E-state index contributed by atoms with van der Waals surface area (Å²) >= 11 is 4.86. The van der Waals surface area contributed by atoms with Gasteiger partial charge < -0.3 is 14.4 Å². The fourth-order valence-corrected chi connectivity index (χ4v) is 5.58. The second-order valence-corrected chi connectivity index (χ2v) is 10.6. The third-order valence-electron chi connectivity index (χ3n) is 5.99. The predicted octanol–water partition coefficient (Wildman–Crippen LogP) is 7.95. The van der Waals surface area contributed by atoms with Crippen LogP contribution in [0.3, 0.4) is 0 Å². The molecule has 1 aliphatic rings. The van der Waals surface area contributed by atoms with E-state index in [0.29, 0.717) is 22.2 Å². The van der Waals surface area contributed by atoms with Gasteiger partial charge in [-0.1, -0.05) is 75.7 Å². The van der Waals surface area contributed by atoms with E-state index in [0.717, 1.165) is 26.5 Å². The minimum Gasteiger partial charge on any atom is -0.506 e. The molecular weight excluding hydrogens is 548 g/mol. The van der Waals surface area contributed by atoms with Gasteiger partial charge in [0.05, 0.1) is 17.2 Å². The molecule has 2 heterocycles. The van der Waals surface area contributed by atoms with E-state index in [-0.39, 0.29) is 17.9 Å². The molecule has 0 fully saturated rings. The molecule has 0 unspecified atom stereocenters. The second-order valence-electron chi connectivity index (χ2n) is 8.67. The molecule has 0 spiro atoms. The van der Waals surface area contributed by atoms with Crippen LogP contribution in [-0.4, -0.2) is 27.3 Å². The van der Waals surface area contributed by atoms with E-state index < -0.39 is 5.97 Å². The third kappa shape index (κ3) is 5.43. The fraction of sp³-hybridized carbons (Fsp3) is 0.133. The van der Waals surface area contributed by atoms with Crippen LogP contribution in [0, 0.1) is 6.92 Å². The van der Waals surface area contributed by atoms with E-state index >= 15 is 0 Å². The highest BCUT2D eigenvalue weighted by molar-refractivity contribution is 9.10. The standard InChI is InChI=1S/C30H25BrN2O3S/c1-3-36-30(35)27-28(34)26(37-29(27)32-23-12-9-19(2)10-13-23)15-21-18-33(17-20-7-5-4-6-8-20)25-14-11-22(31)16-24(21)25/h4-16,18,34H,3,17H2,1-2H3/b26-15-,32-29?. The summed E-state index contributed by atoms with van der Waals surface area (Å²) in [5.74, 6) is -0.704. The molecule has 0 bridgehead atoms. The predicted molar refractivity (Wildman–Crippen MR) is 155 cm³/mol. The minimum absolute atomic E-state index is 0.0906. The molecule has 3 aromatic carbocycles. The van der Waals surface area contributed by atoms with Crippen molar-refractivity contribution in [3.8, 4) is 0 Å². The summed E-state index contributed by atoms with van der Waals surface area (Å²) in [7, 11) is 0. The number of carbonyl (C=O) groups is 1. The van der Waals surface area contributed by atoms with Crippen LogP contribution < -0.4 is 0 Å². The summed E-state index contributed by atoms with van der Waals surface area (Å²) in [6.45, 7) is 4.67. The van der Waals surface area contributed by atoms with Crippen molar-refractivity contribution in [2.24, 2.45) is 4.99 Å². The van der Waals surface area contributed by atoms with E-state index in [1.54, 1.807) is 6.92 Å². The number of hydrogen-bond acceptors (Lipinski definition) is 5. The molecule has 0 atom stereocenters. The number of fused-ring (bicyclic) bond motifs is 1. The maximum absolute atomic E-state index is 12.8. The number of carbonyl (C=O) groups excluding carboxylic acids is 1. The number of aromatic nitrogens is 1. The van der Waals surface area contributed by atoms with Crippen LogP contribution in [0.4, 0.5) is 5.69 Å². The van der Waals surface area contributed by atoms with Gasteiger partial charge in [0.2, 0.25) is 0 Å². The first kappa shape index (κ1) is 25.1. The van der Waals surface area contributed by atoms with Crippen molar-refractivity contribution in [3.63, 3.8) is 0 Å². The number of ether oxygens (including phenoxy) is 1. The Hall–Kier alpha value is -3.55. The van der Waals surface area contributed by atoms with Gasteiger partial charge in [-0.15, -0.1) is 0 Å². The Kier molecular flexibility index (Phi) is 7.35. The molecule has 0 aliphatic carbocycles. The molecule has 4 aromatic rings. The zero-order valence-electron chi connectivity index (χ0n) is 20.4. The number of aryl methyl sites for hydroxylation is 1. The molecule has 1 aliphatic heterocycles. The minimum atomic E-state index is -0.587. The highest BCUT2D eigenvalue weighted by atomic mass is 79.9. The quantitative estimate of drug-likeness (QED) is 0.238. The van der Waals surface area contributed by atoms with Gasteiger partial charge in [0.25, 0.3) is 0 Å². The van der Waals surface area contributed by atoms with Crippen molar-refractivity contribution >= 4 is 61.4 Å². The van der Waals surface area contributed by atoms with Gasteiger partial charge in [-0.05, 0) is 55.8 Å². The zero-order chi connectivity index (χ0) is 25.9. The van der Waals surface area contributed by atoms with Gasteiger partial charge in [-0.3, -0.25) is 0 Å². The molecule has 5 nitrogen and oxygen atoms in total. The Bertz CT molecular complexity index is 1570. The molecule has 0 amide bonds. The lowest BCUT2D eigenvalue weighted by Crippen LogP contribution is -2.12. The number of aliphatic hydroxyl groups is 1. The molecule has 0 saturated heterocycles. The fourth-order valence-electron chi connectivity index (χ4n) is 4.19. The highest BCUT2D eigenvalue weighted by Gasteiger charge is 2.33. The number of hydrogen-bond donors (Lipinski definition) is 1. The van der Waals surface area contributed by atoms with Crippen LogP contribution in [0.5, 0.6) is 0 Å². The number of halogens is 1. The molecule has 7 heteroatoms. The van der Waals surface area contributed by atoms with E-state index in [1.165, 1.54) is 17.3 Å². The van der Waals surface area contributed by atoms with E-state index in [4.69, 9.17) is 4.74 Å². The van der Waals surface area contributed by atoms with Gasteiger partial charge in [-0.25, -0.2) is 9.79 Å². The summed E-state index contributed by atoms with van der Waals surface area (Å²) in [4.78, 5) is 18.0. The van der Waals surface area contributed by atoms with Crippen LogP contribution in [-0.2, 0) is 16.1 Å². The normalized spacial score (nSPS) is 15.8. The lowest BCUT2D eigenvalue weighted by atomic mass is 10.1.